The van der Waals surface area contributed by atoms with Gasteiger partial charge in [0.25, 0.3) is 0 Å². The van der Waals surface area contributed by atoms with Gasteiger partial charge in [0.15, 0.2) is 0 Å². The Hall–Kier alpha value is -1.67. The molecule has 1 atom stereocenters. The average molecular weight is 269 g/mol. The molecule has 1 aliphatic carbocycles. The highest BCUT2D eigenvalue weighted by atomic mass is 19.1. The van der Waals surface area contributed by atoms with Gasteiger partial charge in [0.2, 0.25) is 0 Å². The van der Waals surface area contributed by atoms with Gasteiger partial charge >= 0.3 is 0 Å². The van der Waals surface area contributed by atoms with Crippen molar-refractivity contribution < 1.29 is 4.39 Å². The lowest BCUT2D eigenvalue weighted by Gasteiger charge is -2.14. The van der Waals surface area contributed by atoms with Crippen molar-refractivity contribution in [2.24, 2.45) is 0 Å². The van der Waals surface area contributed by atoms with Crippen molar-refractivity contribution in [1.29, 1.82) is 0 Å². The summed E-state index contributed by atoms with van der Waals surface area (Å²) in [5, 5.41) is 3.61. The van der Waals surface area contributed by atoms with Crippen LogP contribution in [0.2, 0.25) is 0 Å². The summed E-state index contributed by atoms with van der Waals surface area (Å²) in [6, 6.07) is 16.2. The molecule has 20 heavy (non-hydrogen) atoms. The molecule has 2 aromatic carbocycles. The lowest BCUT2D eigenvalue weighted by Crippen LogP contribution is -2.20. The van der Waals surface area contributed by atoms with E-state index in [1.54, 1.807) is 12.1 Å². The highest BCUT2D eigenvalue weighted by Crippen LogP contribution is 2.31. The summed E-state index contributed by atoms with van der Waals surface area (Å²) >= 11 is 0. The number of fused-ring (bicyclic) bond motifs is 1. The van der Waals surface area contributed by atoms with Crippen LogP contribution in [0.15, 0.2) is 48.5 Å². The Morgan fingerprint density at radius 2 is 1.95 bits per heavy atom. The minimum atomic E-state index is -0.117. The maximum absolute atomic E-state index is 13.2. The van der Waals surface area contributed by atoms with E-state index in [-0.39, 0.29) is 5.82 Å². The molecule has 2 heteroatoms. The summed E-state index contributed by atoms with van der Waals surface area (Å²) in [5.74, 6) is -0.117. The lowest BCUT2D eigenvalue weighted by molar-refractivity contribution is 0.520. The van der Waals surface area contributed by atoms with E-state index in [1.807, 2.05) is 6.07 Å². The molecule has 0 aromatic heterocycles. The molecule has 0 spiro atoms. The van der Waals surface area contributed by atoms with Gasteiger partial charge < -0.3 is 5.32 Å². The Balaban J connectivity index is 1.49. The largest absolute Gasteiger partial charge is 0.310 e. The van der Waals surface area contributed by atoms with Crippen molar-refractivity contribution in [2.75, 3.05) is 6.54 Å². The van der Waals surface area contributed by atoms with Crippen LogP contribution in [0.5, 0.6) is 0 Å². The topological polar surface area (TPSA) is 12.0 Å². The van der Waals surface area contributed by atoms with Crippen LogP contribution in [0.1, 0.15) is 35.6 Å². The van der Waals surface area contributed by atoms with Gasteiger partial charge in [0.1, 0.15) is 5.82 Å². The number of hydrogen-bond acceptors (Lipinski definition) is 1. The molecule has 1 nitrogen and oxygen atoms in total. The second kappa shape index (κ2) is 6.19. The first kappa shape index (κ1) is 13.3. The van der Waals surface area contributed by atoms with E-state index in [2.05, 4.69) is 35.6 Å². The van der Waals surface area contributed by atoms with E-state index in [0.29, 0.717) is 6.04 Å². The number of hydrogen-bond donors (Lipinski definition) is 1. The van der Waals surface area contributed by atoms with Crippen molar-refractivity contribution in [2.45, 2.75) is 31.7 Å². The van der Waals surface area contributed by atoms with Gasteiger partial charge in [-0.15, -0.1) is 0 Å². The van der Waals surface area contributed by atoms with Crippen molar-refractivity contribution >= 4 is 0 Å². The summed E-state index contributed by atoms with van der Waals surface area (Å²) in [5.41, 5.74) is 3.85. The molecule has 3 rings (SSSR count). The molecule has 2 aromatic rings. The van der Waals surface area contributed by atoms with E-state index in [0.717, 1.165) is 32.2 Å². The molecule has 0 amide bonds. The maximum atomic E-state index is 13.2. The number of aryl methyl sites for hydroxylation is 2. The van der Waals surface area contributed by atoms with Gasteiger partial charge in [-0.3, -0.25) is 0 Å². The van der Waals surface area contributed by atoms with Crippen LogP contribution in [0.4, 0.5) is 4.39 Å². The molecule has 0 fully saturated rings. The van der Waals surface area contributed by atoms with Crippen LogP contribution < -0.4 is 5.32 Å². The number of rotatable bonds is 5. The molecule has 104 valence electrons. The molecule has 0 radical (unpaired) electrons. The second-order valence-corrected chi connectivity index (χ2v) is 5.48. The second-order valence-electron chi connectivity index (χ2n) is 5.48. The average Bonchev–Trinajstić information content (AvgIpc) is 2.87. The van der Waals surface area contributed by atoms with E-state index in [4.69, 9.17) is 0 Å². The van der Waals surface area contributed by atoms with Gasteiger partial charge in [0, 0.05) is 6.04 Å². The first-order valence-electron chi connectivity index (χ1n) is 7.38. The van der Waals surface area contributed by atoms with Crippen LogP contribution in [0.25, 0.3) is 0 Å². The summed E-state index contributed by atoms with van der Waals surface area (Å²) in [7, 11) is 0. The Labute approximate surface area is 119 Å². The third kappa shape index (κ3) is 3.07. The Kier molecular flexibility index (Phi) is 4.12. The zero-order valence-corrected chi connectivity index (χ0v) is 11.6. The van der Waals surface area contributed by atoms with Crippen LogP contribution >= 0.6 is 0 Å². The molecule has 0 saturated carbocycles. The monoisotopic (exact) mass is 269 g/mol. The standard InChI is InChI=1S/C18H20FN/c19-16-9-10-17-15(13-16)8-11-18(17)20-12-4-7-14-5-2-1-3-6-14/h1-3,5-6,9-10,13,18,20H,4,7-8,11-12H2. The van der Waals surface area contributed by atoms with Gasteiger partial charge in [-0.2, -0.15) is 0 Å². The van der Waals surface area contributed by atoms with Crippen molar-refractivity contribution in [3.05, 3.63) is 71.0 Å². The zero-order chi connectivity index (χ0) is 13.8. The Morgan fingerprint density at radius 1 is 1.10 bits per heavy atom. The van der Waals surface area contributed by atoms with Gasteiger partial charge in [-0.1, -0.05) is 36.4 Å². The molecule has 1 N–H and O–H groups in total. The zero-order valence-electron chi connectivity index (χ0n) is 11.6. The molecular formula is C18H20FN. The van der Waals surface area contributed by atoms with E-state index < -0.39 is 0 Å². The smallest absolute Gasteiger partial charge is 0.123 e. The normalized spacial score (nSPS) is 17.1. The van der Waals surface area contributed by atoms with Crippen molar-refractivity contribution in [3.8, 4) is 0 Å². The molecule has 0 saturated heterocycles. The summed E-state index contributed by atoms with van der Waals surface area (Å²) in [4.78, 5) is 0. The Bertz CT molecular complexity index is 565. The van der Waals surface area contributed by atoms with E-state index in [1.165, 1.54) is 16.7 Å². The number of benzene rings is 2. The van der Waals surface area contributed by atoms with Crippen molar-refractivity contribution in [1.82, 2.24) is 5.32 Å². The fourth-order valence-electron chi connectivity index (χ4n) is 3.01. The third-order valence-corrected chi connectivity index (χ3v) is 4.06. The number of nitrogens with one attached hydrogen (secondary N) is 1. The molecule has 1 unspecified atom stereocenters. The van der Waals surface area contributed by atoms with E-state index >= 15 is 0 Å². The fraction of sp³-hybridized carbons (Fsp3) is 0.333. The molecule has 1 aliphatic rings. The summed E-state index contributed by atoms with van der Waals surface area (Å²) in [6.45, 7) is 1.01. The lowest BCUT2D eigenvalue weighted by atomic mass is 10.1. The van der Waals surface area contributed by atoms with Crippen molar-refractivity contribution in [3.63, 3.8) is 0 Å². The fourth-order valence-corrected chi connectivity index (χ4v) is 3.01. The summed E-state index contributed by atoms with van der Waals surface area (Å²) < 4.78 is 13.2. The van der Waals surface area contributed by atoms with Gasteiger partial charge in [0.05, 0.1) is 0 Å². The van der Waals surface area contributed by atoms with Crippen LogP contribution in [0.3, 0.4) is 0 Å². The minimum absolute atomic E-state index is 0.117. The Morgan fingerprint density at radius 3 is 2.80 bits per heavy atom. The highest BCUT2D eigenvalue weighted by molar-refractivity contribution is 5.34. The number of halogens is 1. The third-order valence-electron chi connectivity index (χ3n) is 4.06. The minimum Gasteiger partial charge on any atom is -0.310 e. The molecule has 0 aliphatic heterocycles. The van der Waals surface area contributed by atoms with Gasteiger partial charge in [-0.25, -0.2) is 4.39 Å². The first-order chi connectivity index (χ1) is 9.83. The molecule has 0 heterocycles. The SMILES string of the molecule is Fc1ccc2c(c1)CCC2NCCCc1ccccc1. The van der Waals surface area contributed by atoms with E-state index in [9.17, 15) is 4.39 Å². The highest BCUT2D eigenvalue weighted by Gasteiger charge is 2.21. The van der Waals surface area contributed by atoms with Crippen LogP contribution in [-0.4, -0.2) is 6.54 Å². The predicted octanol–water partition coefficient (Wildman–Crippen LogP) is 4.04. The van der Waals surface area contributed by atoms with Crippen LogP contribution in [-0.2, 0) is 12.8 Å². The van der Waals surface area contributed by atoms with Gasteiger partial charge in [-0.05, 0) is 61.1 Å². The molecular weight excluding hydrogens is 249 g/mol. The molecule has 0 bridgehead atoms. The summed E-state index contributed by atoms with van der Waals surface area (Å²) in [6.07, 6.45) is 4.32. The van der Waals surface area contributed by atoms with Crippen LogP contribution in [0, 0.1) is 5.82 Å². The maximum Gasteiger partial charge on any atom is 0.123 e. The predicted molar refractivity (Wildman–Crippen MR) is 80.2 cm³/mol. The first-order valence-corrected chi connectivity index (χ1v) is 7.38. The quantitative estimate of drug-likeness (QED) is 0.808.